The zero-order chi connectivity index (χ0) is 12.9. The number of aliphatic hydroxyl groups excluding tert-OH is 2. The van der Waals surface area contributed by atoms with E-state index < -0.39 is 6.29 Å². The molecule has 2 N–H and O–H groups in total. The van der Waals surface area contributed by atoms with Crippen LogP contribution in [0.5, 0.6) is 0 Å². The van der Waals surface area contributed by atoms with E-state index in [0.717, 1.165) is 12.8 Å². The minimum absolute atomic E-state index is 0.0491. The summed E-state index contributed by atoms with van der Waals surface area (Å²) in [7, 11) is 0. The normalized spacial score (nSPS) is 42.8. The molecule has 18 heavy (non-hydrogen) atoms. The molecule has 0 aromatic heterocycles. The quantitative estimate of drug-likeness (QED) is 0.422. The summed E-state index contributed by atoms with van der Waals surface area (Å²) in [4.78, 5) is 11.6. The van der Waals surface area contributed by atoms with E-state index in [1.807, 2.05) is 0 Å². The number of carbonyl (C=O) groups is 1. The highest BCUT2D eigenvalue weighted by atomic mass is 16.6. The van der Waals surface area contributed by atoms with Crippen LogP contribution in [0.2, 0.25) is 0 Å². The van der Waals surface area contributed by atoms with Gasteiger partial charge >= 0.3 is 5.97 Å². The molecule has 6 unspecified atom stereocenters. The fourth-order valence-corrected chi connectivity index (χ4v) is 3.80. The van der Waals surface area contributed by atoms with Crippen LogP contribution < -0.4 is 0 Å². The Hall–Kier alpha value is -0.910. The van der Waals surface area contributed by atoms with Crippen molar-refractivity contribution in [3.05, 3.63) is 12.2 Å². The van der Waals surface area contributed by atoms with Gasteiger partial charge in [-0.05, 0) is 24.7 Å². The van der Waals surface area contributed by atoms with Gasteiger partial charge in [0.15, 0.2) is 6.29 Å². The summed E-state index contributed by atoms with van der Waals surface area (Å²) < 4.78 is 10.7. The molecule has 1 aliphatic heterocycles. The summed E-state index contributed by atoms with van der Waals surface area (Å²) in [5.41, 5.74) is 0.271. The SMILES string of the molecule is C=C(CO)C(O)OC1CC2CC1C1COC(=O)C21. The minimum Gasteiger partial charge on any atom is -0.465 e. The average molecular weight is 254 g/mol. The standard InChI is InChI=1S/C13H18O5/c1-6(4-14)12(15)18-10-3-7-2-8(10)9-5-17-13(16)11(7)9/h7-12,14-15H,1-5H2. The van der Waals surface area contributed by atoms with Gasteiger partial charge in [0.2, 0.25) is 0 Å². The molecule has 0 amide bonds. The van der Waals surface area contributed by atoms with Crippen molar-refractivity contribution in [1.82, 2.24) is 0 Å². The van der Waals surface area contributed by atoms with E-state index in [1.165, 1.54) is 0 Å². The highest BCUT2D eigenvalue weighted by Gasteiger charge is 2.59. The summed E-state index contributed by atoms with van der Waals surface area (Å²) in [6.07, 6.45) is 0.601. The molecule has 1 saturated heterocycles. The molecule has 0 aromatic rings. The molecule has 1 heterocycles. The maximum Gasteiger partial charge on any atom is 0.309 e. The number of carbonyl (C=O) groups excluding carboxylic acids is 1. The highest BCUT2D eigenvalue weighted by molar-refractivity contribution is 5.76. The van der Waals surface area contributed by atoms with Gasteiger partial charge in [0.25, 0.3) is 0 Å². The predicted octanol–water partition coefficient (Wildman–Crippen LogP) is 0.0675. The third-order valence-electron chi connectivity index (χ3n) is 4.65. The van der Waals surface area contributed by atoms with Crippen LogP contribution in [0.1, 0.15) is 12.8 Å². The molecule has 0 spiro atoms. The van der Waals surface area contributed by atoms with Crippen LogP contribution in [0.3, 0.4) is 0 Å². The van der Waals surface area contributed by atoms with Crippen molar-refractivity contribution >= 4 is 5.97 Å². The Morgan fingerprint density at radius 1 is 1.50 bits per heavy atom. The molecule has 3 aliphatic rings. The second-order valence-corrected chi connectivity index (χ2v) is 5.56. The lowest BCUT2D eigenvalue weighted by atomic mass is 9.80. The maximum atomic E-state index is 11.6. The molecular weight excluding hydrogens is 236 g/mol. The van der Waals surface area contributed by atoms with Gasteiger partial charge in [-0.1, -0.05) is 6.58 Å². The van der Waals surface area contributed by atoms with Crippen LogP contribution in [-0.2, 0) is 14.3 Å². The van der Waals surface area contributed by atoms with Crippen LogP contribution >= 0.6 is 0 Å². The van der Waals surface area contributed by atoms with Crippen molar-refractivity contribution in [2.45, 2.75) is 25.2 Å². The van der Waals surface area contributed by atoms with Gasteiger partial charge in [0.05, 0.1) is 25.2 Å². The Bertz CT molecular complexity index is 380. The summed E-state index contributed by atoms with van der Waals surface area (Å²) in [6.45, 7) is 3.76. The number of fused-ring (bicyclic) bond motifs is 5. The summed E-state index contributed by atoms with van der Waals surface area (Å²) >= 11 is 0. The van der Waals surface area contributed by atoms with Crippen molar-refractivity contribution < 1.29 is 24.5 Å². The van der Waals surface area contributed by atoms with E-state index in [4.69, 9.17) is 14.6 Å². The van der Waals surface area contributed by atoms with E-state index in [1.54, 1.807) is 0 Å². The number of aliphatic hydroxyl groups is 2. The van der Waals surface area contributed by atoms with Gasteiger partial charge in [-0.15, -0.1) is 0 Å². The Balaban J connectivity index is 1.65. The second kappa shape index (κ2) is 4.33. The fourth-order valence-electron chi connectivity index (χ4n) is 3.80. The van der Waals surface area contributed by atoms with Crippen molar-refractivity contribution in [3.8, 4) is 0 Å². The van der Waals surface area contributed by atoms with Crippen LogP contribution in [-0.4, -0.2) is 41.8 Å². The first-order valence-corrected chi connectivity index (χ1v) is 6.40. The van der Waals surface area contributed by atoms with E-state index in [9.17, 15) is 9.90 Å². The molecule has 5 nitrogen and oxygen atoms in total. The zero-order valence-corrected chi connectivity index (χ0v) is 10.1. The maximum absolute atomic E-state index is 11.6. The first kappa shape index (κ1) is 12.1. The molecule has 3 fully saturated rings. The molecular formula is C13H18O5. The van der Waals surface area contributed by atoms with Crippen molar-refractivity contribution in [1.29, 1.82) is 0 Å². The molecule has 5 heteroatoms. The van der Waals surface area contributed by atoms with Crippen molar-refractivity contribution in [3.63, 3.8) is 0 Å². The van der Waals surface area contributed by atoms with Gasteiger partial charge < -0.3 is 19.7 Å². The fraction of sp³-hybridized carbons (Fsp3) is 0.769. The largest absolute Gasteiger partial charge is 0.465 e. The molecule has 2 saturated carbocycles. The third-order valence-corrected chi connectivity index (χ3v) is 4.65. The van der Waals surface area contributed by atoms with E-state index in [-0.39, 0.29) is 42.0 Å². The van der Waals surface area contributed by atoms with E-state index in [0.29, 0.717) is 12.5 Å². The number of hydrogen-bond acceptors (Lipinski definition) is 5. The highest BCUT2D eigenvalue weighted by Crippen LogP contribution is 2.56. The molecule has 6 atom stereocenters. The molecule has 0 radical (unpaired) electrons. The Kier molecular flexibility index (Phi) is 2.92. The van der Waals surface area contributed by atoms with E-state index in [2.05, 4.69) is 6.58 Å². The van der Waals surface area contributed by atoms with Crippen LogP contribution in [0, 0.1) is 23.7 Å². The van der Waals surface area contributed by atoms with Crippen LogP contribution in [0.15, 0.2) is 12.2 Å². The lowest BCUT2D eigenvalue weighted by Crippen LogP contribution is -2.36. The van der Waals surface area contributed by atoms with Crippen LogP contribution in [0.25, 0.3) is 0 Å². The van der Waals surface area contributed by atoms with Crippen molar-refractivity contribution in [2.75, 3.05) is 13.2 Å². The number of hydrogen-bond donors (Lipinski definition) is 2. The molecule has 2 aliphatic carbocycles. The Morgan fingerprint density at radius 3 is 3.00 bits per heavy atom. The number of rotatable bonds is 4. The van der Waals surface area contributed by atoms with Gasteiger partial charge in [-0.2, -0.15) is 0 Å². The summed E-state index contributed by atoms with van der Waals surface area (Å²) in [5.74, 6) is 0.845. The number of cyclic esters (lactones) is 1. The smallest absolute Gasteiger partial charge is 0.309 e. The zero-order valence-electron chi connectivity index (χ0n) is 10.1. The molecule has 100 valence electrons. The monoisotopic (exact) mass is 254 g/mol. The first-order valence-electron chi connectivity index (χ1n) is 6.40. The Morgan fingerprint density at radius 2 is 2.28 bits per heavy atom. The average Bonchev–Trinajstić information content (AvgIpc) is 3.01. The summed E-state index contributed by atoms with van der Waals surface area (Å²) in [6, 6.07) is 0. The molecule has 3 rings (SSSR count). The number of esters is 1. The Labute approximate surface area is 105 Å². The topological polar surface area (TPSA) is 76.0 Å². The van der Waals surface area contributed by atoms with Gasteiger partial charge in [-0.25, -0.2) is 0 Å². The first-order chi connectivity index (χ1) is 8.61. The second-order valence-electron chi connectivity index (χ2n) is 5.56. The molecule has 2 bridgehead atoms. The van der Waals surface area contributed by atoms with E-state index >= 15 is 0 Å². The molecule has 0 aromatic carbocycles. The predicted molar refractivity (Wildman–Crippen MR) is 61.3 cm³/mol. The van der Waals surface area contributed by atoms with Gasteiger partial charge in [0.1, 0.15) is 0 Å². The number of ether oxygens (including phenoxy) is 2. The van der Waals surface area contributed by atoms with Gasteiger partial charge in [-0.3, -0.25) is 4.79 Å². The van der Waals surface area contributed by atoms with Gasteiger partial charge in [0, 0.05) is 11.5 Å². The lowest BCUT2D eigenvalue weighted by molar-refractivity contribution is -0.145. The minimum atomic E-state index is -1.11. The third kappa shape index (κ3) is 1.69. The summed E-state index contributed by atoms with van der Waals surface area (Å²) in [5, 5.41) is 18.6. The van der Waals surface area contributed by atoms with Crippen molar-refractivity contribution in [2.24, 2.45) is 23.7 Å². The van der Waals surface area contributed by atoms with Crippen LogP contribution in [0.4, 0.5) is 0 Å². The lowest BCUT2D eigenvalue weighted by Gasteiger charge is -2.30.